The van der Waals surface area contributed by atoms with E-state index in [1.54, 1.807) is 23.9 Å². The van der Waals surface area contributed by atoms with Gasteiger partial charge < -0.3 is 4.42 Å². The Bertz CT molecular complexity index is 843. The highest BCUT2D eigenvalue weighted by atomic mass is 79.9. The van der Waals surface area contributed by atoms with Crippen LogP contribution in [-0.4, -0.2) is 21.4 Å². The third-order valence-electron chi connectivity index (χ3n) is 2.92. The SMILES string of the molecule is CC(C)Sc1ccc(C(=O)Nc2nnc(-c3ccc(Br)s3)o2)cc1. The monoisotopic (exact) mass is 423 g/mol. The van der Waals surface area contributed by atoms with Gasteiger partial charge in [-0.25, -0.2) is 0 Å². The second-order valence-electron chi connectivity index (χ2n) is 5.16. The molecule has 1 aromatic carbocycles. The molecule has 0 unspecified atom stereocenters. The largest absolute Gasteiger partial charge is 0.402 e. The fraction of sp³-hybridized carbons (Fsp3) is 0.188. The molecule has 2 heterocycles. The number of halogens is 1. The second kappa shape index (κ2) is 7.50. The first kappa shape index (κ1) is 17.2. The summed E-state index contributed by atoms with van der Waals surface area (Å²) in [6.45, 7) is 4.26. The average molecular weight is 424 g/mol. The number of thiophene rings is 1. The lowest BCUT2D eigenvalue weighted by Crippen LogP contribution is -2.11. The van der Waals surface area contributed by atoms with E-state index in [9.17, 15) is 4.79 Å². The van der Waals surface area contributed by atoms with Crippen molar-refractivity contribution in [1.29, 1.82) is 0 Å². The van der Waals surface area contributed by atoms with E-state index in [1.165, 1.54) is 11.3 Å². The number of carbonyl (C=O) groups excluding carboxylic acids is 1. The third-order valence-corrected chi connectivity index (χ3v) is 5.55. The van der Waals surface area contributed by atoms with E-state index >= 15 is 0 Å². The third kappa shape index (κ3) is 4.25. The van der Waals surface area contributed by atoms with Crippen molar-refractivity contribution in [2.75, 3.05) is 5.32 Å². The number of carbonyl (C=O) groups is 1. The lowest BCUT2D eigenvalue weighted by molar-refractivity contribution is 0.102. The molecule has 24 heavy (non-hydrogen) atoms. The van der Waals surface area contributed by atoms with Gasteiger partial charge in [-0.3, -0.25) is 10.1 Å². The zero-order valence-electron chi connectivity index (χ0n) is 12.9. The maximum absolute atomic E-state index is 12.2. The maximum atomic E-state index is 12.2. The minimum absolute atomic E-state index is 0.0835. The summed E-state index contributed by atoms with van der Waals surface area (Å²) in [5.74, 6) is 0.100. The molecule has 0 aliphatic carbocycles. The van der Waals surface area contributed by atoms with Gasteiger partial charge in [0.25, 0.3) is 11.8 Å². The number of nitrogens with one attached hydrogen (secondary N) is 1. The van der Waals surface area contributed by atoms with Gasteiger partial charge in [-0.05, 0) is 52.3 Å². The van der Waals surface area contributed by atoms with Crippen molar-refractivity contribution in [2.45, 2.75) is 24.0 Å². The average Bonchev–Trinajstić information content (AvgIpc) is 3.16. The minimum Gasteiger partial charge on any atom is -0.402 e. The van der Waals surface area contributed by atoms with E-state index in [2.05, 4.69) is 45.3 Å². The molecule has 3 rings (SSSR count). The highest BCUT2D eigenvalue weighted by molar-refractivity contribution is 9.11. The molecule has 5 nitrogen and oxygen atoms in total. The lowest BCUT2D eigenvalue weighted by atomic mass is 10.2. The predicted molar refractivity (Wildman–Crippen MR) is 101 cm³/mol. The van der Waals surface area contributed by atoms with Gasteiger partial charge in [-0.15, -0.1) is 28.2 Å². The van der Waals surface area contributed by atoms with Crippen molar-refractivity contribution in [3.63, 3.8) is 0 Å². The topological polar surface area (TPSA) is 68.0 Å². The smallest absolute Gasteiger partial charge is 0.322 e. The number of anilines is 1. The molecule has 0 fully saturated rings. The number of nitrogens with zero attached hydrogens (tertiary/aromatic N) is 2. The van der Waals surface area contributed by atoms with E-state index in [1.807, 2.05) is 24.3 Å². The summed E-state index contributed by atoms with van der Waals surface area (Å²) in [4.78, 5) is 14.2. The lowest BCUT2D eigenvalue weighted by Gasteiger charge is -2.05. The molecule has 0 spiro atoms. The maximum Gasteiger partial charge on any atom is 0.322 e. The van der Waals surface area contributed by atoms with Crippen LogP contribution in [0.15, 0.2) is 49.5 Å². The Labute approximate surface area is 156 Å². The van der Waals surface area contributed by atoms with Gasteiger partial charge in [-0.2, -0.15) is 0 Å². The molecule has 8 heteroatoms. The Kier molecular flexibility index (Phi) is 5.37. The Balaban J connectivity index is 1.67. The van der Waals surface area contributed by atoms with Gasteiger partial charge in [0, 0.05) is 15.7 Å². The van der Waals surface area contributed by atoms with Crippen molar-refractivity contribution in [1.82, 2.24) is 10.2 Å². The molecule has 0 aliphatic heterocycles. The van der Waals surface area contributed by atoms with Gasteiger partial charge in [0.2, 0.25) is 0 Å². The van der Waals surface area contributed by atoms with Crippen LogP contribution in [0.2, 0.25) is 0 Å². The highest BCUT2D eigenvalue weighted by Crippen LogP contribution is 2.31. The quantitative estimate of drug-likeness (QED) is 0.562. The Hall–Kier alpha value is -1.64. The number of rotatable bonds is 5. The molecule has 0 atom stereocenters. The van der Waals surface area contributed by atoms with Crippen LogP contribution < -0.4 is 5.32 Å². The zero-order chi connectivity index (χ0) is 17.1. The molecular formula is C16H14BrN3O2S2. The standard InChI is InChI=1S/C16H14BrN3O2S2/c1-9(2)23-11-5-3-10(4-6-11)14(21)18-16-20-19-15(22-16)12-7-8-13(17)24-12/h3-9H,1-2H3,(H,18,20,21). The number of benzene rings is 1. The number of hydrogen-bond acceptors (Lipinski definition) is 6. The van der Waals surface area contributed by atoms with Gasteiger partial charge in [0.05, 0.1) is 8.66 Å². The summed E-state index contributed by atoms with van der Waals surface area (Å²) in [6.07, 6.45) is 0. The van der Waals surface area contributed by atoms with Crippen molar-refractivity contribution in [3.05, 3.63) is 45.7 Å². The Morgan fingerprint density at radius 1 is 1.21 bits per heavy atom. The Morgan fingerprint density at radius 3 is 2.58 bits per heavy atom. The number of aromatic nitrogens is 2. The van der Waals surface area contributed by atoms with E-state index < -0.39 is 0 Å². The van der Waals surface area contributed by atoms with Gasteiger partial charge >= 0.3 is 6.01 Å². The van der Waals surface area contributed by atoms with Gasteiger partial charge in [0.15, 0.2) is 0 Å². The van der Waals surface area contributed by atoms with Gasteiger partial charge in [-0.1, -0.05) is 18.9 Å². The van der Waals surface area contributed by atoms with E-state index in [0.717, 1.165) is 13.6 Å². The van der Waals surface area contributed by atoms with Crippen LogP contribution in [0.4, 0.5) is 6.01 Å². The fourth-order valence-electron chi connectivity index (χ4n) is 1.93. The normalized spacial score (nSPS) is 11.0. The van der Waals surface area contributed by atoms with E-state index in [4.69, 9.17) is 4.42 Å². The van der Waals surface area contributed by atoms with Crippen LogP contribution in [0, 0.1) is 0 Å². The molecule has 124 valence electrons. The van der Waals surface area contributed by atoms with Crippen LogP contribution in [0.25, 0.3) is 10.8 Å². The summed E-state index contributed by atoms with van der Waals surface area (Å²) < 4.78 is 6.46. The number of thioether (sulfide) groups is 1. The van der Waals surface area contributed by atoms with Crippen LogP contribution in [0.1, 0.15) is 24.2 Å². The molecule has 2 aromatic heterocycles. The molecule has 0 saturated carbocycles. The summed E-state index contributed by atoms with van der Waals surface area (Å²) in [6, 6.07) is 11.3. The first-order valence-corrected chi connectivity index (χ1v) is 9.67. The summed E-state index contributed by atoms with van der Waals surface area (Å²) in [5, 5.41) is 10.9. The summed E-state index contributed by atoms with van der Waals surface area (Å²) >= 11 is 6.62. The molecular weight excluding hydrogens is 410 g/mol. The highest BCUT2D eigenvalue weighted by Gasteiger charge is 2.14. The van der Waals surface area contributed by atoms with Crippen LogP contribution in [-0.2, 0) is 0 Å². The number of amides is 1. The Morgan fingerprint density at radius 2 is 1.96 bits per heavy atom. The van der Waals surface area contributed by atoms with Gasteiger partial charge in [0.1, 0.15) is 0 Å². The van der Waals surface area contributed by atoms with Crippen molar-refractivity contribution in [2.24, 2.45) is 0 Å². The van der Waals surface area contributed by atoms with Crippen LogP contribution in [0.3, 0.4) is 0 Å². The van der Waals surface area contributed by atoms with Crippen molar-refractivity contribution >= 4 is 51.0 Å². The second-order valence-corrected chi connectivity index (χ2v) is 9.27. The van der Waals surface area contributed by atoms with E-state index in [-0.39, 0.29) is 11.9 Å². The number of hydrogen-bond donors (Lipinski definition) is 1. The molecule has 0 radical (unpaired) electrons. The predicted octanol–water partition coefficient (Wildman–Crippen LogP) is 5.31. The van der Waals surface area contributed by atoms with Crippen molar-refractivity contribution in [3.8, 4) is 10.8 Å². The van der Waals surface area contributed by atoms with Crippen molar-refractivity contribution < 1.29 is 9.21 Å². The molecule has 1 N–H and O–H groups in total. The zero-order valence-corrected chi connectivity index (χ0v) is 16.2. The first-order valence-electron chi connectivity index (χ1n) is 7.18. The van der Waals surface area contributed by atoms with Crippen LogP contribution >= 0.6 is 39.0 Å². The molecule has 0 aliphatic rings. The van der Waals surface area contributed by atoms with E-state index in [0.29, 0.717) is 16.7 Å². The molecule has 3 aromatic rings. The fourth-order valence-corrected chi connectivity index (χ4v) is 4.07. The summed E-state index contributed by atoms with van der Waals surface area (Å²) in [7, 11) is 0. The minimum atomic E-state index is -0.279. The van der Waals surface area contributed by atoms with Crippen LogP contribution in [0.5, 0.6) is 0 Å². The molecule has 0 bridgehead atoms. The molecule has 1 amide bonds. The molecule has 0 saturated heterocycles. The first-order chi connectivity index (χ1) is 11.5. The summed E-state index contributed by atoms with van der Waals surface area (Å²) in [5.41, 5.74) is 0.543.